The maximum Gasteiger partial charge on any atom is 0.191 e. The number of hydrogen-bond donors (Lipinski definition) is 2. The molecule has 7 nitrogen and oxygen atoms in total. The van der Waals surface area contributed by atoms with Crippen molar-refractivity contribution >= 4 is 5.96 Å². The Morgan fingerprint density at radius 1 is 1.24 bits per heavy atom. The topological polar surface area (TPSA) is 74.9 Å². The normalized spacial score (nSPS) is 16.4. The van der Waals surface area contributed by atoms with E-state index in [0.717, 1.165) is 76.2 Å². The standard InChI is InChI=1S/C18H33N5O2/c1-4-15(5-2)17-13-16(25-22-17)14-21-18(19-6-3)20-7-8-23-9-11-24-12-10-23/h13,15H,4-12,14H2,1-3H3,(H2,19,20,21). The summed E-state index contributed by atoms with van der Waals surface area (Å²) in [7, 11) is 0. The van der Waals surface area contributed by atoms with Gasteiger partial charge in [-0.05, 0) is 19.8 Å². The van der Waals surface area contributed by atoms with Gasteiger partial charge in [0, 0.05) is 44.7 Å². The van der Waals surface area contributed by atoms with Crippen molar-refractivity contribution in [1.82, 2.24) is 20.7 Å². The summed E-state index contributed by atoms with van der Waals surface area (Å²) in [5.74, 6) is 2.10. The number of aromatic nitrogens is 1. The quantitative estimate of drug-likeness (QED) is 0.523. The third kappa shape index (κ3) is 6.66. The molecule has 2 rings (SSSR count). The summed E-state index contributed by atoms with van der Waals surface area (Å²) in [4.78, 5) is 7.01. The molecule has 0 radical (unpaired) electrons. The van der Waals surface area contributed by atoms with Crippen LogP contribution in [0.15, 0.2) is 15.6 Å². The van der Waals surface area contributed by atoms with Crippen LogP contribution in [0, 0.1) is 0 Å². The molecule has 1 aromatic rings. The number of nitrogens with zero attached hydrogens (tertiary/aromatic N) is 3. The van der Waals surface area contributed by atoms with E-state index in [4.69, 9.17) is 9.26 Å². The summed E-state index contributed by atoms with van der Waals surface area (Å²) in [5.41, 5.74) is 1.04. The average molecular weight is 351 g/mol. The molecule has 0 aromatic carbocycles. The summed E-state index contributed by atoms with van der Waals surface area (Å²) in [5, 5.41) is 10.9. The molecule has 0 atom stereocenters. The Balaban J connectivity index is 1.81. The molecular formula is C18H33N5O2. The average Bonchev–Trinajstić information content (AvgIpc) is 3.10. The molecule has 2 N–H and O–H groups in total. The largest absolute Gasteiger partial charge is 0.379 e. The maximum absolute atomic E-state index is 5.44. The second-order valence-electron chi connectivity index (χ2n) is 6.31. The van der Waals surface area contributed by atoms with Gasteiger partial charge in [0.25, 0.3) is 0 Å². The maximum atomic E-state index is 5.44. The number of hydrogen-bond acceptors (Lipinski definition) is 5. The summed E-state index contributed by atoms with van der Waals surface area (Å²) in [6, 6.07) is 2.04. The van der Waals surface area contributed by atoms with Gasteiger partial charge in [0.15, 0.2) is 11.7 Å². The number of morpholine rings is 1. The Morgan fingerprint density at radius 3 is 2.68 bits per heavy atom. The zero-order valence-corrected chi connectivity index (χ0v) is 15.9. The van der Waals surface area contributed by atoms with Crippen molar-refractivity contribution in [2.75, 3.05) is 45.9 Å². The van der Waals surface area contributed by atoms with E-state index < -0.39 is 0 Å². The summed E-state index contributed by atoms with van der Waals surface area (Å²) in [6.45, 7) is 13.3. The molecule has 1 fully saturated rings. The SMILES string of the molecule is CCNC(=NCc1cc(C(CC)CC)no1)NCCN1CCOCC1. The first-order valence-corrected chi connectivity index (χ1v) is 9.54. The fraction of sp³-hybridized carbons (Fsp3) is 0.778. The van der Waals surface area contributed by atoms with Crippen molar-refractivity contribution in [3.05, 3.63) is 17.5 Å². The van der Waals surface area contributed by atoms with Crippen LogP contribution in [0.3, 0.4) is 0 Å². The highest BCUT2D eigenvalue weighted by atomic mass is 16.5. The summed E-state index contributed by atoms with van der Waals surface area (Å²) >= 11 is 0. The predicted octanol–water partition coefficient (Wildman–Crippen LogP) is 1.97. The molecule has 7 heteroatoms. The zero-order chi connectivity index (χ0) is 17.9. The Hall–Kier alpha value is -1.60. The molecule has 1 aliphatic heterocycles. The molecule has 0 aliphatic carbocycles. The lowest BCUT2D eigenvalue weighted by Crippen LogP contribution is -2.44. The summed E-state index contributed by atoms with van der Waals surface area (Å²) in [6.07, 6.45) is 2.16. The monoisotopic (exact) mass is 351 g/mol. The van der Waals surface area contributed by atoms with Gasteiger partial charge in [-0.15, -0.1) is 0 Å². The minimum atomic E-state index is 0.473. The molecule has 25 heavy (non-hydrogen) atoms. The van der Waals surface area contributed by atoms with Crippen LogP contribution in [0.25, 0.3) is 0 Å². The van der Waals surface area contributed by atoms with Crippen LogP contribution in [-0.4, -0.2) is 62.0 Å². The lowest BCUT2D eigenvalue weighted by Gasteiger charge is -2.26. The number of rotatable bonds is 9. The van der Waals surface area contributed by atoms with Gasteiger partial charge in [-0.2, -0.15) is 0 Å². The fourth-order valence-corrected chi connectivity index (χ4v) is 2.96. The lowest BCUT2D eigenvalue weighted by molar-refractivity contribution is 0.0389. The third-order valence-corrected chi connectivity index (χ3v) is 4.54. The highest BCUT2D eigenvalue weighted by Crippen LogP contribution is 2.22. The van der Waals surface area contributed by atoms with Gasteiger partial charge in [0.1, 0.15) is 6.54 Å². The molecule has 0 unspecified atom stereocenters. The van der Waals surface area contributed by atoms with Gasteiger partial charge < -0.3 is 19.9 Å². The van der Waals surface area contributed by atoms with E-state index >= 15 is 0 Å². The van der Waals surface area contributed by atoms with Crippen LogP contribution in [0.5, 0.6) is 0 Å². The van der Waals surface area contributed by atoms with Crippen molar-refractivity contribution in [1.29, 1.82) is 0 Å². The molecule has 0 saturated carbocycles. The van der Waals surface area contributed by atoms with Gasteiger partial charge in [0.05, 0.1) is 18.9 Å². The molecule has 142 valence electrons. The Labute approximate surface area is 151 Å². The second kappa shape index (κ2) is 11.1. The molecule has 0 amide bonds. The first-order valence-electron chi connectivity index (χ1n) is 9.54. The van der Waals surface area contributed by atoms with Gasteiger partial charge in [0.2, 0.25) is 0 Å². The van der Waals surface area contributed by atoms with E-state index in [2.05, 4.69) is 46.5 Å². The number of ether oxygens (including phenoxy) is 1. The molecule has 1 aliphatic rings. The number of aliphatic imine (C=N–C) groups is 1. The van der Waals surface area contributed by atoms with Gasteiger partial charge in [-0.3, -0.25) is 4.90 Å². The molecule has 0 bridgehead atoms. The molecule has 1 aromatic heterocycles. The van der Waals surface area contributed by atoms with E-state index in [1.807, 2.05) is 6.07 Å². The number of nitrogens with one attached hydrogen (secondary N) is 2. The third-order valence-electron chi connectivity index (χ3n) is 4.54. The van der Waals surface area contributed by atoms with Crippen molar-refractivity contribution in [2.24, 2.45) is 4.99 Å². The van der Waals surface area contributed by atoms with E-state index in [1.54, 1.807) is 0 Å². The van der Waals surface area contributed by atoms with Crippen molar-refractivity contribution < 1.29 is 9.26 Å². The highest BCUT2D eigenvalue weighted by molar-refractivity contribution is 5.79. The smallest absolute Gasteiger partial charge is 0.191 e. The first kappa shape index (κ1) is 19.7. The molecule has 1 saturated heterocycles. The lowest BCUT2D eigenvalue weighted by atomic mass is 9.99. The van der Waals surface area contributed by atoms with Crippen molar-refractivity contribution in [2.45, 2.75) is 46.1 Å². The van der Waals surface area contributed by atoms with E-state index in [1.165, 1.54) is 0 Å². The summed E-state index contributed by atoms with van der Waals surface area (Å²) < 4.78 is 10.8. The Kier molecular flexibility index (Phi) is 8.76. The fourth-order valence-electron chi connectivity index (χ4n) is 2.96. The van der Waals surface area contributed by atoms with Gasteiger partial charge in [-0.25, -0.2) is 4.99 Å². The molecule has 0 spiro atoms. The first-order chi connectivity index (χ1) is 12.3. The van der Waals surface area contributed by atoms with Crippen LogP contribution in [0.1, 0.15) is 51.0 Å². The van der Waals surface area contributed by atoms with Crippen LogP contribution in [-0.2, 0) is 11.3 Å². The van der Waals surface area contributed by atoms with E-state index in [9.17, 15) is 0 Å². The van der Waals surface area contributed by atoms with Crippen LogP contribution >= 0.6 is 0 Å². The molecule has 2 heterocycles. The van der Waals surface area contributed by atoms with Gasteiger partial charge in [-0.1, -0.05) is 19.0 Å². The van der Waals surface area contributed by atoms with E-state index in [-0.39, 0.29) is 0 Å². The Morgan fingerprint density at radius 2 is 2.00 bits per heavy atom. The zero-order valence-electron chi connectivity index (χ0n) is 15.9. The Bertz CT molecular complexity index is 507. The predicted molar refractivity (Wildman–Crippen MR) is 99.9 cm³/mol. The van der Waals surface area contributed by atoms with Crippen molar-refractivity contribution in [3.8, 4) is 0 Å². The van der Waals surface area contributed by atoms with Crippen LogP contribution in [0.2, 0.25) is 0 Å². The molecular weight excluding hydrogens is 318 g/mol. The van der Waals surface area contributed by atoms with Crippen LogP contribution in [0.4, 0.5) is 0 Å². The van der Waals surface area contributed by atoms with E-state index in [0.29, 0.717) is 12.5 Å². The van der Waals surface area contributed by atoms with Crippen LogP contribution < -0.4 is 10.6 Å². The minimum absolute atomic E-state index is 0.473. The van der Waals surface area contributed by atoms with Crippen molar-refractivity contribution in [3.63, 3.8) is 0 Å². The minimum Gasteiger partial charge on any atom is -0.379 e. The number of guanidine groups is 1. The van der Waals surface area contributed by atoms with Gasteiger partial charge >= 0.3 is 0 Å². The highest BCUT2D eigenvalue weighted by Gasteiger charge is 2.13. The second-order valence-corrected chi connectivity index (χ2v) is 6.31.